The van der Waals surface area contributed by atoms with Crippen molar-refractivity contribution in [3.05, 3.63) is 77.4 Å². The summed E-state index contributed by atoms with van der Waals surface area (Å²) in [5.74, 6) is -0.814. The van der Waals surface area contributed by atoms with Gasteiger partial charge in [0, 0.05) is 16.8 Å². The number of rotatable bonds is 3. The molecule has 1 atom stereocenters. The lowest BCUT2D eigenvalue weighted by Gasteiger charge is -2.20. The van der Waals surface area contributed by atoms with Crippen LogP contribution in [0.25, 0.3) is 10.8 Å². The molecule has 25 heavy (non-hydrogen) atoms. The topological polar surface area (TPSA) is 66.4 Å². The molecule has 0 aromatic heterocycles. The summed E-state index contributed by atoms with van der Waals surface area (Å²) in [6.07, 6.45) is -0.288. The number of fused-ring (bicyclic) bond motifs is 2. The van der Waals surface area contributed by atoms with Gasteiger partial charge in [-0.3, -0.25) is 9.59 Å². The first-order valence-electron chi connectivity index (χ1n) is 8.15. The SMILES string of the molecule is Cc1ccc2c(c1)[C@](O)(CC(=O)c1cccc3ccccc13)C(=O)N2. The van der Waals surface area contributed by atoms with E-state index in [1.54, 1.807) is 18.2 Å². The molecule has 0 bridgehead atoms. The number of amides is 1. The highest BCUT2D eigenvalue weighted by atomic mass is 16.3. The van der Waals surface area contributed by atoms with Crippen LogP contribution in [-0.2, 0) is 10.4 Å². The van der Waals surface area contributed by atoms with Crippen molar-refractivity contribution in [2.45, 2.75) is 18.9 Å². The Morgan fingerprint density at radius 3 is 2.68 bits per heavy atom. The van der Waals surface area contributed by atoms with Crippen molar-refractivity contribution in [1.82, 2.24) is 0 Å². The number of carbonyl (C=O) groups excluding carboxylic acids is 2. The van der Waals surface area contributed by atoms with Gasteiger partial charge in [0.25, 0.3) is 5.91 Å². The minimum Gasteiger partial charge on any atom is -0.375 e. The van der Waals surface area contributed by atoms with Gasteiger partial charge in [-0.1, -0.05) is 60.2 Å². The average molecular weight is 331 g/mol. The van der Waals surface area contributed by atoms with Crippen LogP contribution < -0.4 is 5.32 Å². The molecule has 0 aliphatic carbocycles. The summed E-state index contributed by atoms with van der Waals surface area (Å²) < 4.78 is 0. The molecular weight excluding hydrogens is 314 g/mol. The first-order chi connectivity index (χ1) is 12.0. The van der Waals surface area contributed by atoms with Crippen LogP contribution in [0.3, 0.4) is 0 Å². The quantitative estimate of drug-likeness (QED) is 0.721. The highest BCUT2D eigenvalue weighted by Gasteiger charge is 2.46. The van der Waals surface area contributed by atoms with E-state index in [0.29, 0.717) is 16.8 Å². The van der Waals surface area contributed by atoms with E-state index in [0.717, 1.165) is 16.3 Å². The molecule has 3 aromatic rings. The number of ketones is 1. The van der Waals surface area contributed by atoms with Gasteiger partial charge < -0.3 is 10.4 Å². The van der Waals surface area contributed by atoms with Gasteiger partial charge in [0.05, 0.1) is 6.42 Å². The predicted molar refractivity (Wildman–Crippen MR) is 96.6 cm³/mol. The predicted octanol–water partition coefficient (Wildman–Crippen LogP) is 3.56. The maximum Gasteiger partial charge on any atom is 0.261 e. The third kappa shape index (κ3) is 2.42. The summed E-state index contributed by atoms with van der Waals surface area (Å²) in [5.41, 5.74) is 0.622. The van der Waals surface area contributed by atoms with Crippen LogP contribution >= 0.6 is 0 Å². The number of carbonyl (C=O) groups is 2. The highest BCUT2D eigenvalue weighted by molar-refractivity contribution is 6.13. The molecule has 2 N–H and O–H groups in total. The van der Waals surface area contributed by atoms with Crippen LogP contribution in [0.15, 0.2) is 60.7 Å². The number of aliphatic hydroxyl groups is 1. The molecule has 0 saturated carbocycles. The minimum absolute atomic E-state index is 0.260. The van der Waals surface area contributed by atoms with Crippen LogP contribution in [0.5, 0.6) is 0 Å². The minimum atomic E-state index is -1.84. The Hall–Kier alpha value is -2.98. The fourth-order valence-corrected chi connectivity index (χ4v) is 3.43. The zero-order valence-corrected chi connectivity index (χ0v) is 13.7. The Morgan fingerprint density at radius 2 is 1.84 bits per heavy atom. The van der Waals surface area contributed by atoms with E-state index in [1.807, 2.05) is 49.4 Å². The van der Waals surface area contributed by atoms with Gasteiger partial charge in [0.1, 0.15) is 0 Å². The van der Waals surface area contributed by atoms with E-state index in [1.165, 1.54) is 0 Å². The van der Waals surface area contributed by atoms with E-state index >= 15 is 0 Å². The fourth-order valence-electron chi connectivity index (χ4n) is 3.43. The maximum absolute atomic E-state index is 12.9. The summed E-state index contributed by atoms with van der Waals surface area (Å²) in [7, 11) is 0. The lowest BCUT2D eigenvalue weighted by atomic mass is 9.86. The summed E-state index contributed by atoms with van der Waals surface area (Å²) in [4.78, 5) is 25.3. The fraction of sp³-hybridized carbons (Fsp3) is 0.143. The van der Waals surface area contributed by atoms with Gasteiger partial charge in [-0.2, -0.15) is 0 Å². The second-order valence-corrected chi connectivity index (χ2v) is 6.49. The first kappa shape index (κ1) is 15.5. The molecule has 1 heterocycles. The van der Waals surface area contributed by atoms with Gasteiger partial charge in [-0.25, -0.2) is 0 Å². The molecule has 4 heteroatoms. The maximum atomic E-state index is 12.9. The van der Waals surface area contributed by atoms with E-state index in [9.17, 15) is 14.7 Å². The summed E-state index contributed by atoms with van der Waals surface area (Å²) >= 11 is 0. The van der Waals surface area contributed by atoms with Crippen LogP contribution in [0.1, 0.15) is 27.9 Å². The van der Waals surface area contributed by atoms with Crippen molar-refractivity contribution in [2.24, 2.45) is 0 Å². The van der Waals surface area contributed by atoms with E-state index < -0.39 is 11.5 Å². The van der Waals surface area contributed by atoms with Crippen LogP contribution in [-0.4, -0.2) is 16.8 Å². The summed E-state index contributed by atoms with van der Waals surface area (Å²) in [6, 6.07) is 18.4. The van der Waals surface area contributed by atoms with Gasteiger partial charge in [-0.05, 0) is 23.8 Å². The van der Waals surface area contributed by atoms with Crippen molar-refractivity contribution in [3.63, 3.8) is 0 Å². The Bertz CT molecular complexity index is 1020. The van der Waals surface area contributed by atoms with Gasteiger partial charge >= 0.3 is 0 Å². The van der Waals surface area contributed by atoms with Crippen molar-refractivity contribution in [3.8, 4) is 0 Å². The van der Waals surface area contributed by atoms with Crippen LogP contribution in [0.2, 0.25) is 0 Å². The smallest absolute Gasteiger partial charge is 0.261 e. The van der Waals surface area contributed by atoms with Crippen LogP contribution in [0.4, 0.5) is 5.69 Å². The highest BCUT2D eigenvalue weighted by Crippen LogP contribution is 2.39. The molecule has 0 fully saturated rings. The number of nitrogens with one attached hydrogen (secondary N) is 1. The Morgan fingerprint density at radius 1 is 1.08 bits per heavy atom. The standard InChI is InChI=1S/C21H17NO3/c1-13-9-10-18-17(11-13)21(25,20(24)22-18)12-19(23)16-8-4-6-14-5-2-3-7-15(14)16/h2-11,25H,12H2,1H3,(H,22,24)/t21-/m1/s1. The molecule has 1 aliphatic rings. The van der Waals surface area contributed by atoms with Crippen molar-refractivity contribution in [1.29, 1.82) is 0 Å². The number of aryl methyl sites for hydroxylation is 1. The Labute approximate surface area is 145 Å². The molecule has 1 amide bonds. The lowest BCUT2D eigenvalue weighted by Crippen LogP contribution is -2.36. The van der Waals surface area contributed by atoms with Gasteiger partial charge in [0.2, 0.25) is 0 Å². The molecule has 1 aliphatic heterocycles. The average Bonchev–Trinajstić information content (AvgIpc) is 2.85. The molecule has 0 spiro atoms. The molecule has 3 aromatic carbocycles. The number of Topliss-reactive ketones (excluding diaryl/α,β-unsaturated/α-hetero) is 1. The number of hydrogen-bond acceptors (Lipinski definition) is 3. The van der Waals surface area contributed by atoms with Crippen LogP contribution in [0, 0.1) is 6.92 Å². The normalized spacial score (nSPS) is 18.9. The molecule has 4 nitrogen and oxygen atoms in total. The zero-order valence-electron chi connectivity index (χ0n) is 13.7. The summed E-state index contributed by atoms with van der Waals surface area (Å²) in [6.45, 7) is 1.88. The molecule has 0 saturated heterocycles. The second kappa shape index (κ2) is 5.53. The van der Waals surface area contributed by atoms with Gasteiger partial charge in [0.15, 0.2) is 11.4 Å². The Balaban J connectivity index is 1.76. The molecule has 124 valence electrons. The number of anilines is 1. The molecule has 0 unspecified atom stereocenters. The Kier molecular flexibility index (Phi) is 3.44. The lowest BCUT2D eigenvalue weighted by molar-refractivity contribution is -0.133. The van der Waals surface area contributed by atoms with Crippen molar-refractivity contribution < 1.29 is 14.7 Å². The number of hydrogen-bond donors (Lipinski definition) is 2. The van der Waals surface area contributed by atoms with E-state index in [4.69, 9.17) is 0 Å². The van der Waals surface area contributed by atoms with Crippen molar-refractivity contribution in [2.75, 3.05) is 5.32 Å². The third-order valence-corrected chi connectivity index (χ3v) is 4.75. The molecule has 0 radical (unpaired) electrons. The molecular formula is C21H17NO3. The zero-order chi connectivity index (χ0) is 17.6. The molecule has 4 rings (SSSR count). The first-order valence-corrected chi connectivity index (χ1v) is 8.15. The van der Waals surface area contributed by atoms with E-state index in [2.05, 4.69) is 5.32 Å². The monoisotopic (exact) mass is 331 g/mol. The largest absolute Gasteiger partial charge is 0.375 e. The van der Waals surface area contributed by atoms with E-state index in [-0.39, 0.29) is 12.2 Å². The number of benzene rings is 3. The second-order valence-electron chi connectivity index (χ2n) is 6.49. The van der Waals surface area contributed by atoms with Crippen molar-refractivity contribution >= 4 is 28.2 Å². The summed E-state index contributed by atoms with van der Waals surface area (Å²) in [5, 5.41) is 15.4. The van der Waals surface area contributed by atoms with Gasteiger partial charge in [-0.15, -0.1) is 0 Å². The third-order valence-electron chi connectivity index (χ3n) is 4.75.